The van der Waals surface area contributed by atoms with Crippen LogP contribution in [0, 0.1) is 13.8 Å². The summed E-state index contributed by atoms with van der Waals surface area (Å²) in [5, 5.41) is 2.78. The van der Waals surface area contributed by atoms with Crippen molar-refractivity contribution in [3.8, 4) is 33.4 Å². The fourth-order valence-corrected chi connectivity index (χ4v) is 5.05. The highest BCUT2D eigenvalue weighted by Gasteiger charge is 2.29. The first-order chi connectivity index (χ1) is 12.2. The molecule has 0 spiro atoms. The molecular weight excluding hydrogens is 300 g/mol. The first kappa shape index (κ1) is 13.4. The normalized spacial score (nSPS) is 13.0. The van der Waals surface area contributed by atoms with Crippen molar-refractivity contribution in [1.29, 1.82) is 0 Å². The van der Waals surface area contributed by atoms with Crippen LogP contribution >= 0.6 is 0 Å². The fraction of sp³-hybridized carbons (Fsp3) is 0.120. The smallest absolute Gasteiger partial charge is 0.00130 e. The molecule has 0 saturated heterocycles. The molecule has 0 N–H and O–H groups in total. The highest BCUT2D eigenvalue weighted by Crippen LogP contribution is 2.53. The van der Waals surface area contributed by atoms with Crippen LogP contribution in [0.4, 0.5) is 0 Å². The molecule has 0 saturated carbocycles. The number of rotatable bonds is 0. The quantitative estimate of drug-likeness (QED) is 0.293. The Labute approximate surface area is 147 Å². The molecule has 0 unspecified atom stereocenters. The lowest BCUT2D eigenvalue weighted by Gasteiger charge is -2.13. The minimum absolute atomic E-state index is 1.06. The molecule has 0 atom stereocenters. The molecule has 0 aliphatic heterocycles. The summed E-state index contributed by atoms with van der Waals surface area (Å²) in [6.45, 7) is 4.50. The van der Waals surface area contributed by atoms with Gasteiger partial charge in [-0.05, 0) is 87.2 Å². The standard InChI is InChI=1S/C25H18/c1-14-9-10-19-17(11-14)12-18-13-22-20-7-3-5-16-6-4-8-21(25(16)20)24(22)15(2)23(18)19/h3-11,13H,12H2,1-2H3. The number of hydrogen-bond donors (Lipinski definition) is 0. The Morgan fingerprint density at radius 3 is 2.28 bits per heavy atom. The molecule has 2 aliphatic carbocycles. The number of hydrogen-bond acceptors (Lipinski definition) is 0. The summed E-state index contributed by atoms with van der Waals surface area (Å²) in [6, 6.07) is 22.8. The van der Waals surface area contributed by atoms with E-state index < -0.39 is 0 Å². The maximum Gasteiger partial charge on any atom is -0.00130 e. The lowest BCUT2D eigenvalue weighted by Crippen LogP contribution is -1.90. The average Bonchev–Trinajstić information content (AvgIpc) is 3.13. The molecule has 25 heavy (non-hydrogen) atoms. The van der Waals surface area contributed by atoms with Crippen molar-refractivity contribution in [2.24, 2.45) is 0 Å². The summed E-state index contributed by atoms with van der Waals surface area (Å²) in [5.41, 5.74) is 14.3. The molecule has 0 fully saturated rings. The van der Waals surface area contributed by atoms with Gasteiger partial charge in [0.05, 0.1) is 0 Å². The third-order valence-corrected chi connectivity index (χ3v) is 6.03. The first-order valence-corrected chi connectivity index (χ1v) is 9.01. The van der Waals surface area contributed by atoms with Gasteiger partial charge >= 0.3 is 0 Å². The van der Waals surface area contributed by atoms with Crippen LogP contribution in [0.3, 0.4) is 0 Å². The van der Waals surface area contributed by atoms with E-state index in [2.05, 4.69) is 74.5 Å². The van der Waals surface area contributed by atoms with E-state index in [0.29, 0.717) is 0 Å². The number of fused-ring (bicyclic) bond motifs is 6. The Hall–Kier alpha value is -2.86. The van der Waals surface area contributed by atoms with Crippen LogP contribution in [-0.2, 0) is 6.42 Å². The summed E-state index contributed by atoms with van der Waals surface area (Å²) in [7, 11) is 0. The van der Waals surface area contributed by atoms with Crippen molar-refractivity contribution >= 4 is 10.8 Å². The summed E-state index contributed by atoms with van der Waals surface area (Å²) in [4.78, 5) is 0. The minimum Gasteiger partial charge on any atom is -0.0610 e. The Kier molecular flexibility index (Phi) is 2.36. The van der Waals surface area contributed by atoms with Gasteiger partial charge in [0.25, 0.3) is 0 Å². The number of benzene rings is 4. The van der Waals surface area contributed by atoms with Gasteiger partial charge in [0.2, 0.25) is 0 Å². The van der Waals surface area contributed by atoms with Crippen molar-refractivity contribution in [1.82, 2.24) is 0 Å². The van der Waals surface area contributed by atoms with Gasteiger partial charge in [-0.25, -0.2) is 0 Å². The molecule has 0 heteroatoms. The maximum atomic E-state index is 2.46. The van der Waals surface area contributed by atoms with E-state index in [1.807, 2.05) is 0 Å². The predicted octanol–water partition coefficient (Wildman–Crippen LogP) is 6.68. The zero-order valence-corrected chi connectivity index (χ0v) is 14.5. The average molecular weight is 318 g/mol. The van der Waals surface area contributed by atoms with E-state index >= 15 is 0 Å². The van der Waals surface area contributed by atoms with Crippen molar-refractivity contribution in [2.45, 2.75) is 20.3 Å². The van der Waals surface area contributed by atoms with Crippen LogP contribution in [0.5, 0.6) is 0 Å². The topological polar surface area (TPSA) is 0 Å². The molecule has 118 valence electrons. The van der Waals surface area contributed by atoms with E-state index in [1.54, 1.807) is 0 Å². The molecule has 0 heterocycles. The highest BCUT2D eigenvalue weighted by molar-refractivity contribution is 6.17. The Morgan fingerprint density at radius 2 is 1.44 bits per heavy atom. The van der Waals surface area contributed by atoms with Gasteiger partial charge in [-0.3, -0.25) is 0 Å². The summed E-state index contributed by atoms with van der Waals surface area (Å²) in [5.74, 6) is 0. The zero-order valence-electron chi connectivity index (χ0n) is 14.5. The van der Waals surface area contributed by atoms with E-state index in [-0.39, 0.29) is 0 Å². The van der Waals surface area contributed by atoms with Crippen molar-refractivity contribution < 1.29 is 0 Å². The molecule has 0 bridgehead atoms. The van der Waals surface area contributed by atoms with Crippen molar-refractivity contribution in [3.63, 3.8) is 0 Å². The Bertz CT molecular complexity index is 1220. The largest absolute Gasteiger partial charge is 0.0610 e. The van der Waals surface area contributed by atoms with Crippen LogP contribution in [0.1, 0.15) is 22.3 Å². The summed E-state index contributed by atoms with van der Waals surface area (Å²) in [6.07, 6.45) is 1.06. The third-order valence-electron chi connectivity index (χ3n) is 6.03. The third kappa shape index (κ3) is 1.57. The molecule has 6 rings (SSSR count). The van der Waals surface area contributed by atoms with Crippen molar-refractivity contribution in [2.75, 3.05) is 0 Å². The summed E-state index contributed by atoms with van der Waals surface area (Å²) < 4.78 is 0. The van der Waals surface area contributed by atoms with Gasteiger partial charge in [-0.2, -0.15) is 0 Å². The van der Waals surface area contributed by atoms with E-state index in [0.717, 1.165) is 6.42 Å². The molecule has 4 aromatic carbocycles. The van der Waals surface area contributed by atoms with Gasteiger partial charge in [-0.1, -0.05) is 60.2 Å². The monoisotopic (exact) mass is 318 g/mol. The van der Waals surface area contributed by atoms with Crippen LogP contribution < -0.4 is 0 Å². The van der Waals surface area contributed by atoms with E-state index in [9.17, 15) is 0 Å². The van der Waals surface area contributed by atoms with E-state index in [4.69, 9.17) is 0 Å². The molecule has 0 amide bonds. The molecule has 0 aromatic heterocycles. The molecular formula is C25H18. The lowest BCUT2D eigenvalue weighted by molar-refractivity contribution is 1.25. The van der Waals surface area contributed by atoms with Crippen molar-refractivity contribution in [3.05, 3.63) is 82.9 Å². The molecule has 4 aromatic rings. The van der Waals surface area contributed by atoms with Crippen LogP contribution in [0.15, 0.2) is 60.7 Å². The molecule has 2 aliphatic rings. The van der Waals surface area contributed by atoms with Crippen LogP contribution in [-0.4, -0.2) is 0 Å². The van der Waals surface area contributed by atoms with Gasteiger partial charge in [-0.15, -0.1) is 0 Å². The molecule has 0 radical (unpaired) electrons. The van der Waals surface area contributed by atoms with Crippen LogP contribution in [0.2, 0.25) is 0 Å². The second-order valence-corrected chi connectivity index (χ2v) is 7.50. The maximum absolute atomic E-state index is 2.46. The predicted molar refractivity (Wildman–Crippen MR) is 106 cm³/mol. The fourth-order valence-electron chi connectivity index (χ4n) is 5.05. The highest BCUT2D eigenvalue weighted by atomic mass is 14.3. The van der Waals surface area contributed by atoms with E-state index in [1.165, 1.54) is 66.4 Å². The summed E-state index contributed by atoms with van der Waals surface area (Å²) >= 11 is 0. The van der Waals surface area contributed by atoms with Gasteiger partial charge in [0.1, 0.15) is 0 Å². The second kappa shape index (κ2) is 4.40. The molecule has 0 nitrogen and oxygen atoms in total. The second-order valence-electron chi connectivity index (χ2n) is 7.50. The number of aryl methyl sites for hydroxylation is 1. The Balaban J connectivity index is 1.74. The van der Waals surface area contributed by atoms with Gasteiger partial charge in [0, 0.05) is 0 Å². The zero-order chi connectivity index (χ0) is 16.7. The lowest BCUT2D eigenvalue weighted by atomic mass is 9.90. The Morgan fingerprint density at radius 1 is 0.640 bits per heavy atom. The minimum atomic E-state index is 1.06. The van der Waals surface area contributed by atoms with Gasteiger partial charge in [0.15, 0.2) is 0 Å². The van der Waals surface area contributed by atoms with Gasteiger partial charge < -0.3 is 0 Å². The van der Waals surface area contributed by atoms with Crippen LogP contribution in [0.25, 0.3) is 44.2 Å². The SMILES string of the molecule is Cc1ccc2c(c1)Cc1cc3c(c(C)c1-2)-c1cccc2cccc-3c12. The first-order valence-electron chi connectivity index (χ1n) is 9.01.